The van der Waals surface area contributed by atoms with Gasteiger partial charge in [-0.25, -0.2) is 4.98 Å². The molecule has 2 rings (SSSR count). The fourth-order valence-corrected chi connectivity index (χ4v) is 1.63. The van der Waals surface area contributed by atoms with E-state index in [0.29, 0.717) is 18.1 Å². The summed E-state index contributed by atoms with van der Waals surface area (Å²) in [4.78, 5) is 14.3. The smallest absolute Gasteiger partial charge is 0.219 e. The third-order valence-corrected chi connectivity index (χ3v) is 2.54. The van der Waals surface area contributed by atoms with E-state index in [-0.39, 0.29) is 0 Å². The summed E-state index contributed by atoms with van der Waals surface area (Å²) in [6, 6.07) is 12.8. The van der Waals surface area contributed by atoms with Crippen LogP contribution in [0.15, 0.2) is 53.8 Å². The van der Waals surface area contributed by atoms with Gasteiger partial charge in [-0.1, -0.05) is 29.8 Å². The van der Waals surface area contributed by atoms with Crippen LogP contribution >= 0.6 is 11.6 Å². The Morgan fingerprint density at radius 1 is 1.22 bits per heavy atom. The Balaban J connectivity index is 2.02. The van der Waals surface area contributed by atoms with Gasteiger partial charge in [0.15, 0.2) is 5.50 Å². The first kappa shape index (κ1) is 12.5. The summed E-state index contributed by atoms with van der Waals surface area (Å²) in [5, 5.41) is 2.75. The molecule has 1 atom stereocenters. The van der Waals surface area contributed by atoms with Gasteiger partial charge in [-0.15, -0.1) is 4.91 Å². The van der Waals surface area contributed by atoms with Gasteiger partial charge < -0.3 is 4.74 Å². The molecule has 1 heterocycles. The second-order valence-electron chi connectivity index (χ2n) is 3.66. The van der Waals surface area contributed by atoms with E-state index in [4.69, 9.17) is 16.3 Å². The monoisotopic (exact) mass is 262 g/mol. The number of hydrogen-bond donors (Lipinski definition) is 0. The number of aromatic nitrogens is 1. The Hall–Kier alpha value is -1.94. The molecule has 18 heavy (non-hydrogen) atoms. The van der Waals surface area contributed by atoms with Crippen molar-refractivity contribution in [2.75, 3.05) is 0 Å². The number of halogens is 1. The maximum atomic E-state index is 10.2. The van der Waals surface area contributed by atoms with E-state index in [0.717, 1.165) is 5.56 Å². The SMILES string of the molecule is O=NC(Cl)Cc1ccc(Oc2ccccn2)cc1. The molecule has 0 fully saturated rings. The summed E-state index contributed by atoms with van der Waals surface area (Å²) in [7, 11) is 0. The zero-order valence-electron chi connectivity index (χ0n) is 9.49. The summed E-state index contributed by atoms with van der Waals surface area (Å²) in [6.45, 7) is 0. The Morgan fingerprint density at radius 3 is 2.61 bits per heavy atom. The van der Waals surface area contributed by atoms with Crippen LogP contribution in [0.25, 0.3) is 0 Å². The molecule has 0 aliphatic carbocycles. The van der Waals surface area contributed by atoms with E-state index in [1.165, 1.54) is 0 Å². The minimum Gasteiger partial charge on any atom is -0.439 e. The number of alkyl halides is 1. The molecule has 92 valence electrons. The molecule has 1 aromatic carbocycles. The Labute approximate surface area is 110 Å². The average Bonchev–Trinajstić information content (AvgIpc) is 2.42. The minimum atomic E-state index is -0.729. The fraction of sp³-hybridized carbons (Fsp3) is 0.154. The van der Waals surface area contributed by atoms with Gasteiger partial charge in [0.25, 0.3) is 0 Å². The maximum Gasteiger partial charge on any atom is 0.219 e. The lowest BCUT2D eigenvalue weighted by molar-refractivity contribution is 0.463. The molecule has 0 amide bonds. The van der Waals surface area contributed by atoms with Crippen LogP contribution in [0.3, 0.4) is 0 Å². The predicted octanol–water partition coefficient (Wildman–Crippen LogP) is 3.75. The number of hydrogen-bond acceptors (Lipinski definition) is 4. The molecule has 0 aliphatic rings. The number of nitrogens with zero attached hydrogens (tertiary/aromatic N) is 2. The van der Waals surface area contributed by atoms with Crippen LogP contribution in [0.1, 0.15) is 5.56 Å². The van der Waals surface area contributed by atoms with Crippen LogP contribution in [-0.4, -0.2) is 10.5 Å². The van der Waals surface area contributed by atoms with Crippen molar-refractivity contribution in [1.82, 2.24) is 4.98 Å². The van der Waals surface area contributed by atoms with Crippen molar-refractivity contribution in [1.29, 1.82) is 0 Å². The highest BCUT2D eigenvalue weighted by Gasteiger charge is 2.05. The number of ether oxygens (including phenoxy) is 1. The standard InChI is InChI=1S/C13H11ClN2O2/c14-12(16-17)9-10-4-6-11(7-5-10)18-13-3-1-2-8-15-13/h1-8,12H,9H2. The molecule has 1 aromatic heterocycles. The molecule has 4 nitrogen and oxygen atoms in total. The zero-order valence-corrected chi connectivity index (χ0v) is 10.2. The maximum absolute atomic E-state index is 10.2. The van der Waals surface area contributed by atoms with Crippen molar-refractivity contribution in [3.63, 3.8) is 0 Å². The topological polar surface area (TPSA) is 51.5 Å². The molecule has 0 saturated heterocycles. The highest BCUT2D eigenvalue weighted by atomic mass is 35.5. The van der Waals surface area contributed by atoms with E-state index < -0.39 is 5.50 Å². The zero-order chi connectivity index (χ0) is 12.8. The Bertz CT molecular complexity index is 502. The van der Waals surface area contributed by atoms with Gasteiger partial charge in [0.05, 0.1) is 0 Å². The van der Waals surface area contributed by atoms with Crippen molar-refractivity contribution in [2.24, 2.45) is 5.18 Å². The highest BCUT2D eigenvalue weighted by Crippen LogP contribution is 2.20. The first-order chi connectivity index (χ1) is 8.78. The average molecular weight is 263 g/mol. The molecular formula is C13H11ClN2O2. The Morgan fingerprint density at radius 2 is 2.00 bits per heavy atom. The van der Waals surface area contributed by atoms with Crippen LogP contribution in [0, 0.1) is 4.91 Å². The lowest BCUT2D eigenvalue weighted by Gasteiger charge is -2.06. The summed E-state index contributed by atoms with van der Waals surface area (Å²) < 4.78 is 5.54. The molecule has 1 unspecified atom stereocenters. The molecule has 2 aromatic rings. The van der Waals surface area contributed by atoms with E-state index in [9.17, 15) is 4.91 Å². The largest absolute Gasteiger partial charge is 0.439 e. The van der Waals surface area contributed by atoms with E-state index >= 15 is 0 Å². The fourth-order valence-electron chi connectivity index (χ4n) is 1.45. The van der Waals surface area contributed by atoms with Crippen LogP contribution in [0.4, 0.5) is 0 Å². The van der Waals surface area contributed by atoms with Crippen LogP contribution < -0.4 is 4.74 Å². The molecule has 5 heteroatoms. The van der Waals surface area contributed by atoms with Gasteiger partial charge in [-0.2, -0.15) is 0 Å². The third kappa shape index (κ3) is 3.53. The predicted molar refractivity (Wildman–Crippen MR) is 69.9 cm³/mol. The van der Waals surface area contributed by atoms with Gasteiger partial charge in [0.1, 0.15) is 5.75 Å². The minimum absolute atomic E-state index is 0.412. The lowest BCUT2D eigenvalue weighted by Crippen LogP contribution is -1.98. The molecule has 0 radical (unpaired) electrons. The van der Waals surface area contributed by atoms with Crippen molar-refractivity contribution in [3.8, 4) is 11.6 Å². The second-order valence-corrected chi connectivity index (χ2v) is 4.16. The van der Waals surface area contributed by atoms with Crippen LogP contribution in [0.5, 0.6) is 11.6 Å². The van der Waals surface area contributed by atoms with Crippen molar-refractivity contribution < 1.29 is 4.74 Å². The number of rotatable bonds is 5. The van der Waals surface area contributed by atoms with E-state index in [2.05, 4.69) is 10.2 Å². The van der Waals surface area contributed by atoms with Gasteiger partial charge >= 0.3 is 0 Å². The molecule has 0 aliphatic heterocycles. The van der Waals surface area contributed by atoms with Gasteiger partial charge in [0, 0.05) is 18.7 Å². The van der Waals surface area contributed by atoms with Gasteiger partial charge in [0.2, 0.25) is 5.88 Å². The van der Waals surface area contributed by atoms with Crippen molar-refractivity contribution in [2.45, 2.75) is 11.9 Å². The van der Waals surface area contributed by atoms with E-state index in [1.54, 1.807) is 24.4 Å². The third-order valence-electron chi connectivity index (χ3n) is 2.30. The first-order valence-electron chi connectivity index (χ1n) is 5.42. The van der Waals surface area contributed by atoms with Gasteiger partial charge in [-0.3, -0.25) is 0 Å². The Kier molecular flexibility index (Phi) is 4.25. The molecule has 0 saturated carbocycles. The number of pyridine rings is 1. The summed E-state index contributed by atoms with van der Waals surface area (Å²) in [6.07, 6.45) is 2.08. The quantitative estimate of drug-likeness (QED) is 0.468. The molecular weight excluding hydrogens is 252 g/mol. The summed E-state index contributed by atoms with van der Waals surface area (Å²) >= 11 is 5.65. The van der Waals surface area contributed by atoms with Gasteiger partial charge in [-0.05, 0) is 28.9 Å². The normalized spacial score (nSPS) is 11.8. The second kappa shape index (κ2) is 6.12. The van der Waals surface area contributed by atoms with Crippen LogP contribution in [-0.2, 0) is 6.42 Å². The number of nitroso groups, excluding NO2 is 1. The summed E-state index contributed by atoms with van der Waals surface area (Å²) in [5.74, 6) is 1.22. The lowest BCUT2D eigenvalue weighted by atomic mass is 10.1. The molecule has 0 bridgehead atoms. The van der Waals surface area contributed by atoms with Crippen LogP contribution in [0.2, 0.25) is 0 Å². The van der Waals surface area contributed by atoms with Crippen molar-refractivity contribution >= 4 is 11.6 Å². The van der Waals surface area contributed by atoms with Crippen molar-refractivity contribution in [3.05, 3.63) is 59.1 Å². The first-order valence-corrected chi connectivity index (χ1v) is 5.86. The molecule has 0 N–H and O–H groups in total. The van der Waals surface area contributed by atoms with E-state index in [1.807, 2.05) is 24.3 Å². The summed E-state index contributed by atoms with van der Waals surface area (Å²) in [5.41, 5.74) is 0.204. The molecule has 0 spiro atoms. The highest BCUT2D eigenvalue weighted by molar-refractivity contribution is 6.20. The number of benzene rings is 1.